The average Bonchev–Trinajstić information content (AvgIpc) is 3.08. The summed E-state index contributed by atoms with van der Waals surface area (Å²) < 4.78 is 10.8. The van der Waals surface area contributed by atoms with Crippen LogP contribution in [0.25, 0.3) is 11.4 Å². The number of hydrogen-bond acceptors (Lipinski definition) is 5. The van der Waals surface area contributed by atoms with Crippen LogP contribution in [0.4, 0.5) is 0 Å². The number of hydrogen-bond donors (Lipinski definition) is 1. The van der Waals surface area contributed by atoms with Crippen molar-refractivity contribution in [3.63, 3.8) is 0 Å². The highest BCUT2D eigenvalue weighted by Crippen LogP contribution is 2.32. The van der Waals surface area contributed by atoms with E-state index in [1.807, 2.05) is 24.3 Å². The normalized spacial score (nSPS) is 21.5. The van der Waals surface area contributed by atoms with Crippen molar-refractivity contribution >= 4 is 12.4 Å². The Hall–Kier alpha value is -1.59. The van der Waals surface area contributed by atoms with E-state index in [9.17, 15) is 0 Å². The topological polar surface area (TPSA) is 60.2 Å². The third-order valence-electron chi connectivity index (χ3n) is 3.66. The van der Waals surface area contributed by atoms with Crippen LogP contribution in [-0.2, 0) is 5.41 Å². The number of halogens is 1. The van der Waals surface area contributed by atoms with Gasteiger partial charge in [0.25, 0.3) is 0 Å². The van der Waals surface area contributed by atoms with E-state index >= 15 is 0 Å². The Morgan fingerprint density at radius 2 is 2.15 bits per heavy atom. The van der Waals surface area contributed by atoms with Gasteiger partial charge in [0.05, 0.1) is 18.1 Å². The second kappa shape index (κ2) is 5.81. The molecule has 0 saturated carbocycles. The highest BCUT2D eigenvalue weighted by atomic mass is 35.5. The zero-order chi connectivity index (χ0) is 13.3. The Labute approximate surface area is 124 Å². The van der Waals surface area contributed by atoms with Gasteiger partial charge in [-0.15, -0.1) is 12.4 Å². The Kier molecular flexibility index (Phi) is 4.30. The standard InChI is InChI=1S/C14H17N3O2.ClH/c1-14(7-8-15-9-14)13-16-12(17-19-13)10-5-3-4-6-11(10)18-2;/h3-6,15H,7-9H2,1-2H3;1H. The van der Waals surface area contributed by atoms with Gasteiger partial charge in [0, 0.05) is 6.54 Å². The molecule has 0 radical (unpaired) electrons. The van der Waals surface area contributed by atoms with Gasteiger partial charge in [-0.25, -0.2) is 0 Å². The zero-order valence-corrected chi connectivity index (χ0v) is 12.4. The maximum atomic E-state index is 5.45. The van der Waals surface area contributed by atoms with Gasteiger partial charge in [-0.2, -0.15) is 4.98 Å². The maximum absolute atomic E-state index is 5.45. The lowest BCUT2D eigenvalue weighted by Gasteiger charge is -2.15. The lowest BCUT2D eigenvalue weighted by Crippen LogP contribution is -2.25. The molecular weight excluding hydrogens is 278 g/mol. The van der Waals surface area contributed by atoms with E-state index in [4.69, 9.17) is 9.26 Å². The first-order valence-electron chi connectivity index (χ1n) is 6.41. The molecule has 1 fully saturated rings. The molecule has 108 valence electrons. The molecule has 1 unspecified atom stereocenters. The van der Waals surface area contributed by atoms with Crippen LogP contribution in [0.2, 0.25) is 0 Å². The number of para-hydroxylation sites is 1. The van der Waals surface area contributed by atoms with Crippen molar-refractivity contribution in [2.75, 3.05) is 20.2 Å². The number of rotatable bonds is 3. The summed E-state index contributed by atoms with van der Waals surface area (Å²) in [5.74, 6) is 2.03. The molecular formula is C14H18ClN3O2. The molecule has 0 amide bonds. The van der Waals surface area contributed by atoms with Crippen molar-refractivity contribution in [3.8, 4) is 17.1 Å². The SMILES string of the molecule is COc1ccccc1-c1noc(C2(C)CCNC2)n1.Cl. The van der Waals surface area contributed by atoms with E-state index < -0.39 is 0 Å². The third-order valence-corrected chi connectivity index (χ3v) is 3.66. The maximum Gasteiger partial charge on any atom is 0.234 e. The van der Waals surface area contributed by atoms with Crippen LogP contribution in [0, 0.1) is 0 Å². The van der Waals surface area contributed by atoms with E-state index in [-0.39, 0.29) is 17.8 Å². The summed E-state index contributed by atoms with van der Waals surface area (Å²) in [4.78, 5) is 4.55. The molecule has 1 atom stereocenters. The molecule has 1 aliphatic heterocycles. The van der Waals surface area contributed by atoms with Gasteiger partial charge >= 0.3 is 0 Å². The van der Waals surface area contributed by atoms with Crippen LogP contribution >= 0.6 is 12.4 Å². The summed E-state index contributed by atoms with van der Waals surface area (Å²) in [7, 11) is 1.64. The predicted octanol–water partition coefficient (Wildman–Crippen LogP) is 2.42. The van der Waals surface area contributed by atoms with Crippen molar-refractivity contribution in [1.29, 1.82) is 0 Å². The molecule has 20 heavy (non-hydrogen) atoms. The van der Waals surface area contributed by atoms with Crippen LogP contribution in [0.1, 0.15) is 19.2 Å². The predicted molar refractivity (Wildman–Crippen MR) is 78.4 cm³/mol. The molecule has 5 nitrogen and oxygen atoms in total. The lowest BCUT2D eigenvalue weighted by atomic mass is 9.90. The molecule has 1 saturated heterocycles. The van der Waals surface area contributed by atoms with Crippen molar-refractivity contribution in [3.05, 3.63) is 30.2 Å². The number of aromatic nitrogens is 2. The Morgan fingerprint density at radius 1 is 1.35 bits per heavy atom. The molecule has 3 rings (SSSR count). The molecule has 0 bridgehead atoms. The van der Waals surface area contributed by atoms with Gasteiger partial charge in [-0.05, 0) is 32.0 Å². The molecule has 0 spiro atoms. The van der Waals surface area contributed by atoms with Gasteiger partial charge in [0.1, 0.15) is 5.75 Å². The molecule has 0 aliphatic carbocycles. The van der Waals surface area contributed by atoms with Gasteiger partial charge < -0.3 is 14.6 Å². The number of methoxy groups -OCH3 is 1. The minimum Gasteiger partial charge on any atom is -0.496 e. The zero-order valence-electron chi connectivity index (χ0n) is 11.5. The Bertz CT molecular complexity index is 579. The lowest BCUT2D eigenvalue weighted by molar-refractivity contribution is 0.306. The summed E-state index contributed by atoms with van der Waals surface area (Å²) in [5, 5.41) is 7.42. The first-order chi connectivity index (χ1) is 9.23. The monoisotopic (exact) mass is 295 g/mol. The molecule has 2 aromatic rings. The quantitative estimate of drug-likeness (QED) is 0.942. The fourth-order valence-corrected chi connectivity index (χ4v) is 2.41. The summed E-state index contributed by atoms with van der Waals surface area (Å²) in [5.41, 5.74) is 0.794. The fourth-order valence-electron chi connectivity index (χ4n) is 2.41. The van der Waals surface area contributed by atoms with Crippen molar-refractivity contribution in [2.45, 2.75) is 18.8 Å². The summed E-state index contributed by atoms with van der Waals surface area (Å²) in [6, 6.07) is 7.69. The van der Waals surface area contributed by atoms with Gasteiger partial charge in [-0.1, -0.05) is 17.3 Å². The molecule has 6 heteroatoms. The number of nitrogens with zero attached hydrogens (tertiary/aromatic N) is 2. The van der Waals surface area contributed by atoms with Crippen molar-refractivity contribution in [1.82, 2.24) is 15.5 Å². The third kappa shape index (κ3) is 2.51. The van der Waals surface area contributed by atoms with Crippen LogP contribution in [0.15, 0.2) is 28.8 Å². The minimum atomic E-state index is -0.0622. The van der Waals surface area contributed by atoms with Crippen LogP contribution in [-0.4, -0.2) is 30.3 Å². The van der Waals surface area contributed by atoms with E-state index in [1.165, 1.54) is 0 Å². The summed E-state index contributed by atoms with van der Waals surface area (Å²) in [6.45, 7) is 4.01. The molecule has 1 aliphatic rings. The molecule has 2 heterocycles. The van der Waals surface area contributed by atoms with Crippen molar-refractivity contribution < 1.29 is 9.26 Å². The van der Waals surface area contributed by atoms with Gasteiger partial charge in [0.2, 0.25) is 11.7 Å². The average molecular weight is 296 g/mol. The van der Waals surface area contributed by atoms with Crippen LogP contribution in [0.3, 0.4) is 0 Å². The Balaban J connectivity index is 0.00000147. The highest BCUT2D eigenvalue weighted by Gasteiger charge is 2.36. The largest absolute Gasteiger partial charge is 0.496 e. The van der Waals surface area contributed by atoms with E-state index in [2.05, 4.69) is 22.4 Å². The van der Waals surface area contributed by atoms with Crippen molar-refractivity contribution in [2.24, 2.45) is 0 Å². The summed E-state index contributed by atoms with van der Waals surface area (Å²) in [6.07, 6.45) is 1.01. The molecule has 1 N–H and O–H groups in total. The first-order valence-corrected chi connectivity index (χ1v) is 6.41. The first kappa shape index (κ1) is 14.8. The second-order valence-electron chi connectivity index (χ2n) is 5.11. The number of nitrogens with one attached hydrogen (secondary N) is 1. The fraction of sp³-hybridized carbons (Fsp3) is 0.429. The number of ether oxygens (including phenoxy) is 1. The van der Waals surface area contributed by atoms with Crippen LogP contribution in [0.5, 0.6) is 5.75 Å². The molecule has 1 aromatic carbocycles. The molecule has 1 aromatic heterocycles. The minimum absolute atomic E-state index is 0. The Morgan fingerprint density at radius 3 is 2.85 bits per heavy atom. The second-order valence-corrected chi connectivity index (χ2v) is 5.11. The summed E-state index contributed by atoms with van der Waals surface area (Å²) >= 11 is 0. The van der Waals surface area contributed by atoms with Gasteiger partial charge in [-0.3, -0.25) is 0 Å². The van der Waals surface area contributed by atoms with Crippen LogP contribution < -0.4 is 10.1 Å². The van der Waals surface area contributed by atoms with Gasteiger partial charge in [0.15, 0.2) is 0 Å². The smallest absolute Gasteiger partial charge is 0.234 e. The van der Waals surface area contributed by atoms with E-state index in [0.29, 0.717) is 11.7 Å². The van der Waals surface area contributed by atoms with E-state index in [0.717, 1.165) is 30.8 Å². The van der Waals surface area contributed by atoms with E-state index in [1.54, 1.807) is 7.11 Å². The number of benzene rings is 1. The highest BCUT2D eigenvalue weighted by molar-refractivity contribution is 5.85.